The lowest BCUT2D eigenvalue weighted by molar-refractivity contribution is -0.136. The quantitative estimate of drug-likeness (QED) is 0.826. The molecule has 0 bridgehead atoms. The number of carboxylic acids is 1. The average Bonchev–Trinajstić information content (AvgIpc) is 3.03. The fourth-order valence-corrected chi connectivity index (χ4v) is 1.51. The Bertz CT molecular complexity index is 396. The lowest BCUT2D eigenvalue weighted by Crippen LogP contribution is -2.06. The van der Waals surface area contributed by atoms with Gasteiger partial charge in [0, 0.05) is 5.56 Å². The van der Waals surface area contributed by atoms with Crippen LogP contribution in [0.5, 0.6) is 11.5 Å². The molecule has 0 heterocycles. The van der Waals surface area contributed by atoms with Gasteiger partial charge in [-0.2, -0.15) is 0 Å². The van der Waals surface area contributed by atoms with E-state index in [-0.39, 0.29) is 12.5 Å². The molecule has 2 rings (SSSR count). The van der Waals surface area contributed by atoms with Gasteiger partial charge in [0.05, 0.1) is 19.6 Å². The minimum atomic E-state index is -0.867. The van der Waals surface area contributed by atoms with Gasteiger partial charge in [0.2, 0.25) is 0 Å². The van der Waals surface area contributed by atoms with Crippen molar-refractivity contribution in [3.05, 3.63) is 23.8 Å². The molecule has 1 aliphatic carbocycles. The molecule has 0 atom stereocenters. The first-order valence-electron chi connectivity index (χ1n) is 5.25. The highest BCUT2D eigenvalue weighted by atomic mass is 16.5. The third kappa shape index (κ3) is 2.45. The van der Waals surface area contributed by atoms with Crippen molar-refractivity contribution in [2.75, 3.05) is 7.11 Å². The van der Waals surface area contributed by atoms with Crippen LogP contribution in [-0.2, 0) is 11.2 Å². The Labute approximate surface area is 93.8 Å². The summed E-state index contributed by atoms with van der Waals surface area (Å²) in [5, 5.41) is 8.81. The molecule has 1 aliphatic rings. The summed E-state index contributed by atoms with van der Waals surface area (Å²) in [6.07, 6.45) is 2.25. The van der Waals surface area contributed by atoms with Gasteiger partial charge in [-0.1, -0.05) is 12.1 Å². The molecule has 16 heavy (non-hydrogen) atoms. The van der Waals surface area contributed by atoms with Gasteiger partial charge in [0.25, 0.3) is 0 Å². The molecule has 0 amide bonds. The first-order chi connectivity index (χ1) is 7.70. The second-order valence-corrected chi connectivity index (χ2v) is 3.84. The van der Waals surface area contributed by atoms with Crippen molar-refractivity contribution in [3.8, 4) is 11.5 Å². The van der Waals surface area contributed by atoms with Crippen LogP contribution in [0.3, 0.4) is 0 Å². The summed E-state index contributed by atoms with van der Waals surface area (Å²) < 4.78 is 10.9. The van der Waals surface area contributed by atoms with E-state index in [9.17, 15) is 4.79 Å². The van der Waals surface area contributed by atoms with Gasteiger partial charge in [-0.3, -0.25) is 4.79 Å². The fourth-order valence-electron chi connectivity index (χ4n) is 1.51. The molecule has 0 saturated heterocycles. The lowest BCUT2D eigenvalue weighted by Gasteiger charge is -2.13. The molecule has 4 heteroatoms. The normalized spacial score (nSPS) is 14.6. The Balaban J connectivity index is 2.28. The van der Waals surface area contributed by atoms with Gasteiger partial charge in [-0.15, -0.1) is 0 Å². The van der Waals surface area contributed by atoms with Crippen LogP contribution in [0.2, 0.25) is 0 Å². The molecular formula is C12H14O4. The first kappa shape index (κ1) is 10.8. The predicted molar refractivity (Wildman–Crippen MR) is 58.0 cm³/mol. The summed E-state index contributed by atoms with van der Waals surface area (Å²) in [5.41, 5.74) is 0.666. The Morgan fingerprint density at radius 2 is 2.25 bits per heavy atom. The summed E-state index contributed by atoms with van der Waals surface area (Å²) in [7, 11) is 1.56. The zero-order valence-corrected chi connectivity index (χ0v) is 9.10. The molecule has 1 aromatic rings. The summed E-state index contributed by atoms with van der Waals surface area (Å²) in [4.78, 5) is 10.7. The van der Waals surface area contributed by atoms with Crippen molar-refractivity contribution in [1.82, 2.24) is 0 Å². The molecule has 1 N–H and O–H groups in total. The third-order valence-corrected chi connectivity index (χ3v) is 2.43. The highest BCUT2D eigenvalue weighted by molar-refractivity contribution is 5.72. The number of hydrogen-bond acceptors (Lipinski definition) is 3. The first-order valence-corrected chi connectivity index (χ1v) is 5.25. The molecular weight excluding hydrogens is 208 g/mol. The van der Waals surface area contributed by atoms with Crippen LogP contribution in [0.25, 0.3) is 0 Å². The molecule has 0 spiro atoms. The number of methoxy groups -OCH3 is 1. The summed E-state index contributed by atoms with van der Waals surface area (Å²) >= 11 is 0. The molecule has 86 valence electrons. The molecule has 0 unspecified atom stereocenters. The summed E-state index contributed by atoms with van der Waals surface area (Å²) in [6.45, 7) is 0. The van der Waals surface area contributed by atoms with Gasteiger partial charge in [-0.25, -0.2) is 0 Å². The maximum atomic E-state index is 10.7. The van der Waals surface area contributed by atoms with Crippen molar-refractivity contribution in [1.29, 1.82) is 0 Å². The smallest absolute Gasteiger partial charge is 0.307 e. The Hall–Kier alpha value is -1.71. The molecule has 4 nitrogen and oxygen atoms in total. The van der Waals surface area contributed by atoms with Crippen LogP contribution in [-0.4, -0.2) is 24.3 Å². The lowest BCUT2D eigenvalue weighted by atomic mass is 10.1. The van der Waals surface area contributed by atoms with Crippen molar-refractivity contribution in [3.63, 3.8) is 0 Å². The molecule has 1 fully saturated rings. The number of aliphatic carboxylic acids is 1. The van der Waals surface area contributed by atoms with Gasteiger partial charge >= 0.3 is 5.97 Å². The van der Waals surface area contributed by atoms with E-state index in [0.717, 1.165) is 12.8 Å². The summed E-state index contributed by atoms with van der Waals surface area (Å²) in [5.74, 6) is 0.314. The van der Waals surface area contributed by atoms with E-state index in [1.807, 2.05) is 0 Å². The van der Waals surface area contributed by atoms with Gasteiger partial charge in [-0.05, 0) is 18.9 Å². The van der Waals surface area contributed by atoms with Crippen LogP contribution in [0.1, 0.15) is 18.4 Å². The number of rotatable bonds is 5. The predicted octanol–water partition coefficient (Wildman–Crippen LogP) is 1.86. The largest absolute Gasteiger partial charge is 0.493 e. The monoisotopic (exact) mass is 222 g/mol. The highest BCUT2D eigenvalue weighted by Gasteiger charge is 2.26. The van der Waals surface area contributed by atoms with Crippen molar-refractivity contribution in [2.24, 2.45) is 0 Å². The molecule has 0 aromatic heterocycles. The topological polar surface area (TPSA) is 55.8 Å². The van der Waals surface area contributed by atoms with Gasteiger partial charge < -0.3 is 14.6 Å². The van der Waals surface area contributed by atoms with E-state index < -0.39 is 5.97 Å². The summed E-state index contributed by atoms with van der Waals surface area (Å²) in [6, 6.07) is 5.31. The van der Waals surface area contributed by atoms with E-state index in [0.29, 0.717) is 17.1 Å². The maximum Gasteiger partial charge on any atom is 0.307 e. The Morgan fingerprint density at radius 3 is 2.81 bits per heavy atom. The fraction of sp³-hybridized carbons (Fsp3) is 0.417. The Morgan fingerprint density at radius 1 is 1.50 bits per heavy atom. The zero-order valence-electron chi connectivity index (χ0n) is 9.10. The van der Waals surface area contributed by atoms with E-state index in [1.165, 1.54) is 0 Å². The zero-order chi connectivity index (χ0) is 11.5. The second kappa shape index (κ2) is 4.43. The average molecular weight is 222 g/mol. The van der Waals surface area contributed by atoms with Crippen LogP contribution in [0.15, 0.2) is 18.2 Å². The van der Waals surface area contributed by atoms with Gasteiger partial charge in [0.1, 0.15) is 0 Å². The van der Waals surface area contributed by atoms with Crippen LogP contribution < -0.4 is 9.47 Å². The second-order valence-electron chi connectivity index (χ2n) is 3.84. The number of hydrogen-bond donors (Lipinski definition) is 1. The highest BCUT2D eigenvalue weighted by Crippen LogP contribution is 2.36. The standard InChI is InChI=1S/C12H14O4/c1-15-10-4-2-3-8(7-11(13)14)12(10)16-9-5-6-9/h2-4,9H,5-7H2,1H3,(H,13,14). The number of para-hydroxylation sites is 1. The number of ether oxygens (including phenoxy) is 2. The number of carbonyl (C=O) groups is 1. The van der Waals surface area contributed by atoms with Crippen LogP contribution in [0.4, 0.5) is 0 Å². The molecule has 0 aliphatic heterocycles. The van der Waals surface area contributed by atoms with E-state index in [4.69, 9.17) is 14.6 Å². The SMILES string of the molecule is COc1cccc(CC(=O)O)c1OC1CC1. The third-order valence-electron chi connectivity index (χ3n) is 2.43. The van der Waals surface area contributed by atoms with Crippen LogP contribution in [0, 0.1) is 0 Å². The number of carboxylic acid groups (broad SMARTS) is 1. The minimum absolute atomic E-state index is 0.0424. The van der Waals surface area contributed by atoms with Crippen molar-refractivity contribution >= 4 is 5.97 Å². The molecule has 1 saturated carbocycles. The Kier molecular flexibility index (Phi) is 2.99. The number of benzene rings is 1. The van der Waals surface area contributed by atoms with E-state index >= 15 is 0 Å². The van der Waals surface area contributed by atoms with Crippen molar-refractivity contribution < 1.29 is 19.4 Å². The van der Waals surface area contributed by atoms with Crippen LogP contribution >= 0.6 is 0 Å². The van der Waals surface area contributed by atoms with E-state index in [1.54, 1.807) is 25.3 Å². The maximum absolute atomic E-state index is 10.7. The van der Waals surface area contributed by atoms with Crippen molar-refractivity contribution in [2.45, 2.75) is 25.4 Å². The minimum Gasteiger partial charge on any atom is -0.493 e. The van der Waals surface area contributed by atoms with E-state index in [2.05, 4.69) is 0 Å². The van der Waals surface area contributed by atoms with Gasteiger partial charge in [0.15, 0.2) is 11.5 Å². The molecule has 1 aromatic carbocycles. The molecule has 0 radical (unpaired) electrons.